The topological polar surface area (TPSA) is 88.6 Å². The van der Waals surface area contributed by atoms with Crippen LogP contribution in [-0.2, 0) is 6.54 Å². The number of imidazole rings is 1. The van der Waals surface area contributed by atoms with E-state index in [4.69, 9.17) is 4.42 Å². The van der Waals surface area contributed by atoms with Crippen LogP contribution in [0.2, 0.25) is 0 Å². The predicted octanol–water partition coefficient (Wildman–Crippen LogP) is 3.73. The normalized spacial score (nSPS) is 10.8. The third-order valence-corrected chi connectivity index (χ3v) is 4.61. The van der Waals surface area contributed by atoms with Gasteiger partial charge in [-0.25, -0.2) is 4.98 Å². The molecule has 0 aliphatic carbocycles. The van der Waals surface area contributed by atoms with Gasteiger partial charge in [0, 0.05) is 11.9 Å². The zero-order valence-electron chi connectivity index (χ0n) is 16.1. The molecule has 146 valence electrons. The molecular weight excluding hydrogens is 368 g/mol. The first-order valence-electron chi connectivity index (χ1n) is 9.19. The van der Waals surface area contributed by atoms with Crippen LogP contribution in [0.1, 0.15) is 38.0 Å². The summed E-state index contributed by atoms with van der Waals surface area (Å²) in [5.74, 6) is 0.00578. The Morgan fingerprint density at radius 3 is 2.72 bits per heavy atom. The fourth-order valence-corrected chi connectivity index (χ4v) is 3.08. The van der Waals surface area contributed by atoms with Gasteiger partial charge in [-0.05, 0) is 55.3 Å². The lowest BCUT2D eigenvalue weighted by Crippen LogP contribution is -2.25. The largest absolute Gasteiger partial charge is 0.467 e. The number of carbonyl (C=O) groups excluding carboxylic acids is 2. The number of aryl methyl sites for hydroxylation is 2. The highest BCUT2D eigenvalue weighted by Gasteiger charge is 2.22. The van der Waals surface area contributed by atoms with Gasteiger partial charge >= 0.3 is 0 Å². The minimum atomic E-state index is -0.395. The van der Waals surface area contributed by atoms with Gasteiger partial charge in [0.15, 0.2) is 5.69 Å². The molecule has 0 unspecified atom stereocenters. The summed E-state index contributed by atoms with van der Waals surface area (Å²) >= 11 is 0. The van der Waals surface area contributed by atoms with E-state index in [1.807, 2.05) is 32.0 Å². The first-order valence-corrected chi connectivity index (χ1v) is 9.19. The lowest BCUT2D eigenvalue weighted by Gasteiger charge is -2.08. The van der Waals surface area contributed by atoms with Crippen molar-refractivity contribution in [3.63, 3.8) is 0 Å². The Labute approximate surface area is 167 Å². The fourth-order valence-electron chi connectivity index (χ4n) is 3.08. The van der Waals surface area contributed by atoms with Crippen LogP contribution >= 0.6 is 0 Å². The zero-order valence-corrected chi connectivity index (χ0v) is 16.1. The smallest absolute Gasteiger partial charge is 0.288 e. The molecule has 3 aromatic heterocycles. The number of hydrogen-bond donors (Lipinski definition) is 2. The highest BCUT2D eigenvalue weighted by atomic mass is 16.3. The second-order valence-corrected chi connectivity index (χ2v) is 6.77. The van der Waals surface area contributed by atoms with Crippen molar-refractivity contribution in [2.24, 2.45) is 0 Å². The maximum Gasteiger partial charge on any atom is 0.288 e. The Morgan fingerprint density at radius 1 is 1.07 bits per heavy atom. The quantitative estimate of drug-likeness (QED) is 0.545. The number of furan rings is 1. The number of pyridine rings is 1. The van der Waals surface area contributed by atoms with Crippen LogP contribution < -0.4 is 10.6 Å². The van der Waals surface area contributed by atoms with Gasteiger partial charge in [-0.3, -0.25) is 14.0 Å². The van der Waals surface area contributed by atoms with Crippen LogP contribution in [0.25, 0.3) is 5.52 Å². The average Bonchev–Trinajstić information content (AvgIpc) is 3.37. The summed E-state index contributed by atoms with van der Waals surface area (Å²) in [6.45, 7) is 4.12. The number of anilines is 1. The van der Waals surface area contributed by atoms with Gasteiger partial charge < -0.3 is 15.1 Å². The average molecular weight is 388 g/mol. The van der Waals surface area contributed by atoms with Crippen molar-refractivity contribution in [3.05, 3.63) is 89.4 Å². The molecule has 0 radical (unpaired) electrons. The van der Waals surface area contributed by atoms with E-state index >= 15 is 0 Å². The summed E-state index contributed by atoms with van der Waals surface area (Å²) in [6.07, 6.45) is 3.25. The van der Waals surface area contributed by atoms with Crippen LogP contribution in [-0.4, -0.2) is 21.2 Å². The van der Waals surface area contributed by atoms with Crippen LogP contribution in [0.5, 0.6) is 0 Å². The molecular formula is C22H20N4O3. The van der Waals surface area contributed by atoms with Crippen molar-refractivity contribution >= 4 is 23.0 Å². The van der Waals surface area contributed by atoms with Crippen molar-refractivity contribution in [3.8, 4) is 0 Å². The molecule has 0 saturated heterocycles. The predicted molar refractivity (Wildman–Crippen MR) is 109 cm³/mol. The Bertz CT molecular complexity index is 1190. The van der Waals surface area contributed by atoms with E-state index in [0.717, 1.165) is 16.8 Å². The van der Waals surface area contributed by atoms with Crippen molar-refractivity contribution in [1.29, 1.82) is 0 Å². The zero-order chi connectivity index (χ0) is 20.4. The molecule has 1 aromatic carbocycles. The Kier molecular flexibility index (Phi) is 4.87. The minimum Gasteiger partial charge on any atom is -0.467 e. The highest BCUT2D eigenvalue weighted by molar-refractivity contribution is 6.09. The Balaban J connectivity index is 1.64. The van der Waals surface area contributed by atoms with E-state index in [1.165, 1.54) is 0 Å². The van der Waals surface area contributed by atoms with E-state index < -0.39 is 5.91 Å². The minimum absolute atomic E-state index is 0.137. The molecule has 0 saturated carbocycles. The molecule has 7 nitrogen and oxygen atoms in total. The van der Waals surface area contributed by atoms with E-state index in [0.29, 0.717) is 11.3 Å². The summed E-state index contributed by atoms with van der Waals surface area (Å²) in [5.41, 5.74) is 3.45. The molecule has 3 heterocycles. The lowest BCUT2D eigenvalue weighted by atomic mass is 10.1. The van der Waals surface area contributed by atoms with Gasteiger partial charge in [-0.15, -0.1) is 0 Å². The van der Waals surface area contributed by atoms with Crippen LogP contribution in [0, 0.1) is 13.8 Å². The third-order valence-electron chi connectivity index (χ3n) is 4.61. The molecule has 0 aliphatic rings. The number of nitrogens with one attached hydrogen (secondary N) is 2. The second-order valence-electron chi connectivity index (χ2n) is 6.77. The number of fused-ring (bicyclic) bond motifs is 1. The van der Waals surface area contributed by atoms with Gasteiger partial charge in [0.2, 0.25) is 5.82 Å². The summed E-state index contributed by atoms with van der Waals surface area (Å²) in [4.78, 5) is 30.0. The van der Waals surface area contributed by atoms with Crippen LogP contribution in [0.4, 0.5) is 5.69 Å². The Hall–Kier alpha value is -3.87. The number of benzene rings is 1. The standard InChI is InChI=1S/C22H20N4O3/c1-14-8-9-15(2)17(12-14)24-21(27)19-18-7-3-4-10-26(18)20(25-19)22(28)23-13-16-6-5-11-29-16/h3-12H,13H2,1-2H3,(H,23,28)(H,24,27). The van der Waals surface area contributed by atoms with Gasteiger partial charge in [-0.1, -0.05) is 18.2 Å². The van der Waals surface area contributed by atoms with E-state index in [1.54, 1.807) is 47.2 Å². The van der Waals surface area contributed by atoms with E-state index in [-0.39, 0.29) is 24.0 Å². The second kappa shape index (κ2) is 7.63. The number of aromatic nitrogens is 2. The van der Waals surface area contributed by atoms with Crippen molar-refractivity contribution in [1.82, 2.24) is 14.7 Å². The first kappa shape index (κ1) is 18.5. The van der Waals surface area contributed by atoms with Crippen LogP contribution in [0.15, 0.2) is 65.4 Å². The monoisotopic (exact) mass is 388 g/mol. The fraction of sp³-hybridized carbons (Fsp3) is 0.136. The summed E-state index contributed by atoms with van der Waals surface area (Å²) in [5, 5.41) is 5.67. The van der Waals surface area contributed by atoms with Crippen molar-refractivity contribution in [2.75, 3.05) is 5.32 Å². The number of rotatable bonds is 5. The van der Waals surface area contributed by atoms with E-state index in [9.17, 15) is 9.59 Å². The van der Waals surface area contributed by atoms with Gasteiger partial charge in [-0.2, -0.15) is 0 Å². The van der Waals surface area contributed by atoms with Gasteiger partial charge in [0.25, 0.3) is 11.8 Å². The third kappa shape index (κ3) is 3.75. The molecule has 4 aromatic rings. The van der Waals surface area contributed by atoms with Gasteiger partial charge in [0.05, 0.1) is 18.3 Å². The van der Waals surface area contributed by atoms with Crippen molar-refractivity contribution in [2.45, 2.75) is 20.4 Å². The molecule has 0 bridgehead atoms. The molecule has 29 heavy (non-hydrogen) atoms. The van der Waals surface area contributed by atoms with E-state index in [2.05, 4.69) is 15.6 Å². The summed E-state index contributed by atoms with van der Waals surface area (Å²) in [7, 11) is 0. The molecule has 0 atom stereocenters. The molecule has 0 aliphatic heterocycles. The molecule has 2 amide bonds. The molecule has 0 spiro atoms. The maximum atomic E-state index is 12.9. The lowest BCUT2D eigenvalue weighted by molar-refractivity contribution is 0.0937. The summed E-state index contributed by atoms with van der Waals surface area (Å²) < 4.78 is 6.84. The number of amides is 2. The highest BCUT2D eigenvalue weighted by Crippen LogP contribution is 2.19. The number of nitrogens with zero attached hydrogens (tertiary/aromatic N) is 2. The van der Waals surface area contributed by atoms with Crippen molar-refractivity contribution < 1.29 is 14.0 Å². The number of carbonyl (C=O) groups is 2. The summed E-state index contributed by atoms with van der Waals surface area (Å²) in [6, 6.07) is 14.7. The number of hydrogen-bond acceptors (Lipinski definition) is 4. The first-order chi connectivity index (χ1) is 14.0. The molecule has 7 heteroatoms. The molecule has 4 rings (SSSR count). The van der Waals surface area contributed by atoms with Gasteiger partial charge in [0.1, 0.15) is 5.76 Å². The molecule has 0 fully saturated rings. The Morgan fingerprint density at radius 2 is 1.93 bits per heavy atom. The maximum absolute atomic E-state index is 12.9. The van der Waals surface area contributed by atoms with Crippen LogP contribution in [0.3, 0.4) is 0 Å². The molecule has 2 N–H and O–H groups in total. The SMILES string of the molecule is Cc1ccc(C)c(NC(=O)c2nc(C(=O)NCc3ccco3)n3ccccc23)c1.